The largest absolute Gasteiger partial charge is 0.465 e. The second-order valence-corrected chi connectivity index (χ2v) is 5.61. The average molecular weight is 433 g/mol. The summed E-state index contributed by atoms with van der Waals surface area (Å²) in [5.41, 5.74) is 1.73. The first kappa shape index (κ1) is 21.7. The van der Waals surface area contributed by atoms with E-state index in [0.29, 0.717) is 17.5 Å². The lowest BCUT2D eigenvalue weighted by atomic mass is 10.1. The van der Waals surface area contributed by atoms with Gasteiger partial charge in [0, 0.05) is 19.6 Å². The van der Waals surface area contributed by atoms with Gasteiger partial charge in [-0.15, -0.1) is 24.0 Å². The first-order valence-corrected chi connectivity index (χ1v) is 7.62. The molecule has 6 heteroatoms. The summed E-state index contributed by atoms with van der Waals surface area (Å²) in [6.45, 7) is 7.27. The molecule has 1 rings (SSSR count). The van der Waals surface area contributed by atoms with Gasteiger partial charge in [0.05, 0.1) is 12.7 Å². The maximum Gasteiger partial charge on any atom is 0.337 e. The lowest BCUT2D eigenvalue weighted by Gasteiger charge is -2.20. The van der Waals surface area contributed by atoms with E-state index >= 15 is 0 Å². The highest BCUT2D eigenvalue weighted by molar-refractivity contribution is 14.0. The molecule has 0 radical (unpaired) electrons. The molecular formula is C17H28IN3O2. The number of carbonyl (C=O) groups excluding carboxylic acids is 1. The van der Waals surface area contributed by atoms with Crippen molar-refractivity contribution in [3.8, 4) is 0 Å². The van der Waals surface area contributed by atoms with E-state index in [1.165, 1.54) is 7.11 Å². The fourth-order valence-corrected chi connectivity index (χ4v) is 1.83. The third-order valence-electron chi connectivity index (χ3n) is 3.67. The first-order chi connectivity index (χ1) is 10.5. The van der Waals surface area contributed by atoms with Crippen molar-refractivity contribution in [1.29, 1.82) is 0 Å². The quantitative estimate of drug-likeness (QED) is 0.314. The Balaban J connectivity index is 0.00000484. The van der Waals surface area contributed by atoms with Crippen molar-refractivity contribution >= 4 is 35.9 Å². The fraction of sp³-hybridized carbons (Fsp3) is 0.529. The van der Waals surface area contributed by atoms with Gasteiger partial charge in [-0.1, -0.05) is 26.0 Å². The van der Waals surface area contributed by atoms with Gasteiger partial charge >= 0.3 is 5.97 Å². The number of hydrogen-bond acceptors (Lipinski definition) is 3. The smallest absolute Gasteiger partial charge is 0.337 e. The van der Waals surface area contributed by atoms with Crippen LogP contribution in [0.1, 0.15) is 36.7 Å². The molecule has 0 aromatic heterocycles. The summed E-state index contributed by atoms with van der Waals surface area (Å²) in [7, 11) is 3.16. The van der Waals surface area contributed by atoms with Crippen LogP contribution in [0.15, 0.2) is 29.3 Å². The van der Waals surface area contributed by atoms with Crippen LogP contribution in [-0.2, 0) is 11.2 Å². The number of hydrogen-bond donors (Lipinski definition) is 2. The maximum absolute atomic E-state index is 11.4. The molecule has 0 saturated carbocycles. The molecule has 23 heavy (non-hydrogen) atoms. The summed E-state index contributed by atoms with van der Waals surface area (Å²) in [5.74, 6) is 1.05. The number of benzene rings is 1. The topological polar surface area (TPSA) is 62.7 Å². The van der Waals surface area contributed by atoms with E-state index in [9.17, 15) is 4.79 Å². The number of nitrogens with zero attached hydrogens (tertiary/aromatic N) is 1. The summed E-state index contributed by atoms with van der Waals surface area (Å²) in [4.78, 5) is 15.6. The molecule has 5 nitrogen and oxygen atoms in total. The van der Waals surface area contributed by atoms with Crippen molar-refractivity contribution in [3.63, 3.8) is 0 Å². The van der Waals surface area contributed by atoms with Crippen LogP contribution >= 0.6 is 24.0 Å². The van der Waals surface area contributed by atoms with Gasteiger partial charge in [0.1, 0.15) is 0 Å². The standard InChI is InChI=1S/C17H27N3O2.HI/c1-12(2)13(3)20-17(18-4)19-11-10-14-6-8-15(9-7-14)16(21)22-5;/h6-9,12-13H,10-11H2,1-5H3,(H2,18,19,20);1H. The number of halogens is 1. The first-order valence-electron chi connectivity index (χ1n) is 7.62. The predicted molar refractivity (Wildman–Crippen MR) is 106 cm³/mol. The van der Waals surface area contributed by atoms with Crippen molar-refractivity contribution in [3.05, 3.63) is 35.4 Å². The summed E-state index contributed by atoms with van der Waals surface area (Å²) in [5, 5.41) is 6.66. The Labute approximate surface area is 156 Å². The summed E-state index contributed by atoms with van der Waals surface area (Å²) < 4.78 is 4.68. The van der Waals surface area contributed by atoms with Crippen molar-refractivity contribution in [2.45, 2.75) is 33.2 Å². The van der Waals surface area contributed by atoms with Crippen molar-refractivity contribution in [2.75, 3.05) is 20.7 Å². The number of methoxy groups -OCH3 is 1. The van der Waals surface area contributed by atoms with Crippen LogP contribution in [0.2, 0.25) is 0 Å². The zero-order chi connectivity index (χ0) is 16.5. The van der Waals surface area contributed by atoms with Crippen LogP contribution < -0.4 is 10.6 Å². The third kappa shape index (κ3) is 7.67. The van der Waals surface area contributed by atoms with E-state index < -0.39 is 0 Å². The molecule has 0 spiro atoms. The molecule has 1 aromatic rings. The average Bonchev–Trinajstić information content (AvgIpc) is 2.53. The molecule has 0 aliphatic carbocycles. The van der Waals surface area contributed by atoms with E-state index in [-0.39, 0.29) is 29.9 Å². The Bertz CT molecular complexity index is 501. The zero-order valence-electron chi connectivity index (χ0n) is 14.6. The van der Waals surface area contributed by atoms with Crippen LogP contribution in [0.3, 0.4) is 0 Å². The van der Waals surface area contributed by atoms with Gasteiger partial charge in [-0.3, -0.25) is 4.99 Å². The third-order valence-corrected chi connectivity index (χ3v) is 3.67. The lowest BCUT2D eigenvalue weighted by Crippen LogP contribution is -2.44. The normalized spacial score (nSPS) is 12.3. The number of carbonyl (C=O) groups is 1. The minimum Gasteiger partial charge on any atom is -0.465 e. The monoisotopic (exact) mass is 433 g/mol. The Hall–Kier alpha value is -1.31. The zero-order valence-corrected chi connectivity index (χ0v) is 16.9. The second-order valence-electron chi connectivity index (χ2n) is 5.61. The molecule has 0 bridgehead atoms. The van der Waals surface area contributed by atoms with Gasteiger partial charge < -0.3 is 15.4 Å². The van der Waals surface area contributed by atoms with E-state index in [0.717, 1.165) is 24.5 Å². The number of esters is 1. The molecule has 1 aromatic carbocycles. The van der Waals surface area contributed by atoms with Crippen molar-refractivity contribution in [1.82, 2.24) is 10.6 Å². The highest BCUT2D eigenvalue weighted by Gasteiger charge is 2.08. The molecule has 0 aliphatic rings. The van der Waals surface area contributed by atoms with Crippen molar-refractivity contribution in [2.24, 2.45) is 10.9 Å². The highest BCUT2D eigenvalue weighted by atomic mass is 127. The number of guanidine groups is 1. The number of nitrogens with one attached hydrogen (secondary N) is 2. The summed E-state index contributed by atoms with van der Waals surface area (Å²) in [6, 6.07) is 7.83. The van der Waals surface area contributed by atoms with Crippen LogP contribution in [0.4, 0.5) is 0 Å². The Morgan fingerprint density at radius 2 is 1.83 bits per heavy atom. The van der Waals surface area contributed by atoms with Crippen LogP contribution in [0, 0.1) is 5.92 Å². The fourth-order valence-electron chi connectivity index (χ4n) is 1.83. The van der Waals surface area contributed by atoms with Gasteiger partial charge in [0.15, 0.2) is 5.96 Å². The minimum atomic E-state index is -0.308. The Morgan fingerprint density at radius 1 is 1.22 bits per heavy atom. The molecule has 1 atom stereocenters. The predicted octanol–water partition coefficient (Wildman–Crippen LogP) is 2.84. The highest BCUT2D eigenvalue weighted by Crippen LogP contribution is 2.06. The van der Waals surface area contributed by atoms with Gasteiger partial charge in [0.25, 0.3) is 0 Å². The van der Waals surface area contributed by atoms with Gasteiger partial charge in [-0.05, 0) is 37.0 Å². The molecule has 0 aliphatic heterocycles. The lowest BCUT2D eigenvalue weighted by molar-refractivity contribution is 0.0600. The van der Waals surface area contributed by atoms with Crippen molar-refractivity contribution < 1.29 is 9.53 Å². The number of aliphatic imine (C=N–C) groups is 1. The van der Waals surface area contributed by atoms with Crippen LogP contribution in [0.25, 0.3) is 0 Å². The molecule has 0 amide bonds. The van der Waals surface area contributed by atoms with E-state index in [1.54, 1.807) is 19.2 Å². The van der Waals surface area contributed by atoms with E-state index in [2.05, 4.69) is 41.1 Å². The van der Waals surface area contributed by atoms with Gasteiger partial charge in [0.2, 0.25) is 0 Å². The Morgan fingerprint density at radius 3 is 2.30 bits per heavy atom. The van der Waals surface area contributed by atoms with E-state index in [4.69, 9.17) is 0 Å². The molecule has 0 saturated heterocycles. The molecule has 2 N–H and O–H groups in total. The molecule has 0 heterocycles. The van der Waals surface area contributed by atoms with Gasteiger partial charge in [-0.25, -0.2) is 4.79 Å². The summed E-state index contributed by atoms with van der Waals surface area (Å²) >= 11 is 0. The molecule has 130 valence electrons. The van der Waals surface area contributed by atoms with Crippen LogP contribution in [0.5, 0.6) is 0 Å². The molecule has 0 fully saturated rings. The van der Waals surface area contributed by atoms with E-state index in [1.807, 2.05) is 12.1 Å². The SMILES string of the molecule is CN=C(NCCc1ccc(C(=O)OC)cc1)NC(C)C(C)C.I. The molecular weight excluding hydrogens is 405 g/mol. The summed E-state index contributed by atoms with van der Waals surface area (Å²) in [6.07, 6.45) is 0.859. The Kier molecular flexibility index (Phi) is 10.6. The second kappa shape index (κ2) is 11.3. The minimum absolute atomic E-state index is 0. The molecule has 1 unspecified atom stereocenters. The number of rotatable bonds is 6. The van der Waals surface area contributed by atoms with Crippen LogP contribution in [-0.4, -0.2) is 38.7 Å². The maximum atomic E-state index is 11.4. The number of ether oxygens (including phenoxy) is 1. The van der Waals surface area contributed by atoms with Gasteiger partial charge in [-0.2, -0.15) is 0 Å².